The standard InChI is InChI=1S/C16H15ClF3N5O3/c1-25-12(28-16(18,19)20)6-10(24-25)13(8-2-4-9(17)5-3-8)23-14(26)11-7-21-15(27)22-11/h2-6,11,13H,7H2,1H3,(H,23,26)(H2,21,22,27)/t11-,13+/m0/s1. The van der Waals surface area contributed by atoms with Gasteiger partial charge in [-0.1, -0.05) is 23.7 Å². The Kier molecular flexibility index (Phi) is 5.36. The molecular weight excluding hydrogens is 403 g/mol. The van der Waals surface area contributed by atoms with Gasteiger partial charge in [-0.05, 0) is 17.7 Å². The van der Waals surface area contributed by atoms with Crippen LogP contribution in [-0.2, 0) is 11.8 Å². The van der Waals surface area contributed by atoms with E-state index in [-0.39, 0.29) is 12.2 Å². The van der Waals surface area contributed by atoms with E-state index < -0.39 is 36.3 Å². The normalized spacial score (nSPS) is 17.6. The number of benzene rings is 1. The van der Waals surface area contributed by atoms with Crippen LogP contribution in [0.15, 0.2) is 30.3 Å². The molecule has 28 heavy (non-hydrogen) atoms. The minimum atomic E-state index is -4.89. The smallest absolute Gasteiger partial charge is 0.388 e. The first-order valence-corrected chi connectivity index (χ1v) is 8.40. The first kappa shape index (κ1) is 19.8. The van der Waals surface area contributed by atoms with E-state index in [1.54, 1.807) is 24.3 Å². The summed E-state index contributed by atoms with van der Waals surface area (Å²) in [6, 6.07) is 5.25. The highest BCUT2D eigenvalue weighted by Crippen LogP contribution is 2.28. The molecule has 1 fully saturated rings. The van der Waals surface area contributed by atoms with Gasteiger partial charge in [0.1, 0.15) is 6.04 Å². The van der Waals surface area contributed by atoms with Crippen molar-refractivity contribution in [3.63, 3.8) is 0 Å². The number of nitrogens with one attached hydrogen (secondary N) is 3. The maximum absolute atomic E-state index is 12.6. The van der Waals surface area contributed by atoms with Crippen molar-refractivity contribution in [3.05, 3.63) is 46.6 Å². The number of carbonyl (C=O) groups is 2. The zero-order chi connectivity index (χ0) is 20.5. The number of hydrogen-bond donors (Lipinski definition) is 3. The Morgan fingerprint density at radius 2 is 2.07 bits per heavy atom. The molecule has 1 aliphatic rings. The van der Waals surface area contributed by atoms with Gasteiger partial charge in [0.2, 0.25) is 11.8 Å². The zero-order valence-electron chi connectivity index (χ0n) is 14.4. The van der Waals surface area contributed by atoms with Gasteiger partial charge in [-0.25, -0.2) is 9.48 Å². The van der Waals surface area contributed by atoms with Gasteiger partial charge in [-0.15, -0.1) is 13.2 Å². The van der Waals surface area contributed by atoms with E-state index in [1.807, 2.05) is 0 Å². The van der Waals surface area contributed by atoms with Gasteiger partial charge in [0, 0.05) is 24.7 Å². The van der Waals surface area contributed by atoms with Crippen molar-refractivity contribution < 1.29 is 27.5 Å². The van der Waals surface area contributed by atoms with E-state index in [9.17, 15) is 22.8 Å². The Labute approximate surface area is 162 Å². The van der Waals surface area contributed by atoms with Crippen LogP contribution in [0.5, 0.6) is 5.88 Å². The number of ether oxygens (including phenoxy) is 1. The van der Waals surface area contributed by atoms with Crippen LogP contribution in [0.25, 0.3) is 0 Å². The molecule has 0 bridgehead atoms. The molecule has 0 spiro atoms. The number of carbonyl (C=O) groups excluding carboxylic acids is 2. The van der Waals surface area contributed by atoms with E-state index in [2.05, 4.69) is 25.8 Å². The summed E-state index contributed by atoms with van der Waals surface area (Å²) in [5, 5.41) is 12.1. The average molecular weight is 418 g/mol. The van der Waals surface area contributed by atoms with Crippen molar-refractivity contribution in [2.75, 3.05) is 6.54 Å². The van der Waals surface area contributed by atoms with Crippen molar-refractivity contribution in [2.45, 2.75) is 18.4 Å². The quantitative estimate of drug-likeness (QED) is 0.691. The van der Waals surface area contributed by atoms with Crippen LogP contribution < -0.4 is 20.7 Å². The molecule has 3 amide bonds. The molecular formula is C16H15ClF3N5O3. The Morgan fingerprint density at radius 3 is 2.64 bits per heavy atom. The molecule has 3 N–H and O–H groups in total. The predicted molar refractivity (Wildman–Crippen MR) is 91.7 cm³/mol. The molecule has 2 heterocycles. The monoisotopic (exact) mass is 417 g/mol. The lowest BCUT2D eigenvalue weighted by atomic mass is 10.0. The summed E-state index contributed by atoms with van der Waals surface area (Å²) in [7, 11) is 1.28. The fourth-order valence-corrected chi connectivity index (χ4v) is 2.79. The van der Waals surface area contributed by atoms with Gasteiger partial charge in [0.25, 0.3) is 0 Å². The van der Waals surface area contributed by atoms with Gasteiger partial charge >= 0.3 is 12.4 Å². The maximum atomic E-state index is 12.6. The fourth-order valence-electron chi connectivity index (χ4n) is 2.67. The maximum Gasteiger partial charge on any atom is 0.574 e. The minimum Gasteiger partial charge on any atom is -0.388 e. The Balaban J connectivity index is 1.90. The molecule has 0 aliphatic carbocycles. The summed E-state index contributed by atoms with van der Waals surface area (Å²) in [5.41, 5.74) is 0.654. The second kappa shape index (κ2) is 7.58. The zero-order valence-corrected chi connectivity index (χ0v) is 15.1. The molecule has 1 saturated heterocycles. The van der Waals surface area contributed by atoms with Crippen LogP contribution in [0.1, 0.15) is 17.3 Å². The van der Waals surface area contributed by atoms with E-state index in [0.29, 0.717) is 10.6 Å². The number of halogens is 4. The lowest BCUT2D eigenvalue weighted by molar-refractivity contribution is -0.277. The molecule has 0 radical (unpaired) electrons. The van der Waals surface area contributed by atoms with Gasteiger partial charge in [0.15, 0.2) is 0 Å². The van der Waals surface area contributed by atoms with Crippen molar-refractivity contribution in [3.8, 4) is 5.88 Å². The molecule has 1 aromatic heterocycles. The second-order valence-electron chi connectivity index (χ2n) is 5.98. The second-order valence-corrected chi connectivity index (χ2v) is 6.42. The number of rotatable bonds is 5. The molecule has 2 atom stereocenters. The lowest BCUT2D eigenvalue weighted by Crippen LogP contribution is -2.44. The van der Waals surface area contributed by atoms with Crippen LogP contribution in [0.3, 0.4) is 0 Å². The molecule has 0 unspecified atom stereocenters. The molecule has 1 aliphatic heterocycles. The molecule has 0 saturated carbocycles. The topological polar surface area (TPSA) is 97.3 Å². The number of aromatic nitrogens is 2. The highest BCUT2D eigenvalue weighted by atomic mass is 35.5. The van der Waals surface area contributed by atoms with Crippen molar-refractivity contribution in [1.29, 1.82) is 0 Å². The molecule has 3 rings (SSSR count). The number of urea groups is 1. The Morgan fingerprint density at radius 1 is 1.39 bits per heavy atom. The van der Waals surface area contributed by atoms with Gasteiger partial charge in [0.05, 0.1) is 11.7 Å². The van der Waals surface area contributed by atoms with E-state index >= 15 is 0 Å². The summed E-state index contributed by atoms with van der Waals surface area (Å²) in [6.07, 6.45) is -4.89. The van der Waals surface area contributed by atoms with Crippen molar-refractivity contribution in [1.82, 2.24) is 25.7 Å². The van der Waals surface area contributed by atoms with E-state index in [0.717, 1.165) is 10.7 Å². The van der Waals surface area contributed by atoms with Crippen LogP contribution in [0.4, 0.5) is 18.0 Å². The molecule has 1 aromatic carbocycles. The van der Waals surface area contributed by atoms with Crippen LogP contribution >= 0.6 is 11.6 Å². The number of hydrogen-bond acceptors (Lipinski definition) is 4. The molecule has 2 aromatic rings. The SMILES string of the molecule is Cn1nc([C@H](NC(=O)[C@@H]2CNC(=O)N2)c2ccc(Cl)cc2)cc1OC(F)(F)F. The highest BCUT2D eigenvalue weighted by molar-refractivity contribution is 6.30. The predicted octanol–water partition coefficient (Wildman–Crippen LogP) is 1.86. The third kappa shape index (κ3) is 4.66. The van der Waals surface area contributed by atoms with E-state index in [1.165, 1.54) is 7.05 Å². The third-order valence-electron chi connectivity index (χ3n) is 3.95. The number of aryl methyl sites for hydroxylation is 1. The number of alkyl halides is 3. The number of amides is 3. The largest absolute Gasteiger partial charge is 0.574 e. The van der Waals surface area contributed by atoms with Crippen LogP contribution in [0.2, 0.25) is 5.02 Å². The van der Waals surface area contributed by atoms with Crippen molar-refractivity contribution in [2.24, 2.45) is 7.05 Å². The first-order chi connectivity index (χ1) is 13.1. The Bertz CT molecular complexity index is 885. The summed E-state index contributed by atoms with van der Waals surface area (Å²) < 4.78 is 42.5. The minimum absolute atomic E-state index is 0.0860. The average Bonchev–Trinajstić information content (AvgIpc) is 3.18. The lowest BCUT2D eigenvalue weighted by Gasteiger charge is -2.19. The van der Waals surface area contributed by atoms with Crippen LogP contribution in [0, 0.1) is 0 Å². The summed E-state index contributed by atoms with van der Waals surface area (Å²) in [6.45, 7) is 0.0860. The Hall–Kier alpha value is -2.95. The summed E-state index contributed by atoms with van der Waals surface area (Å²) >= 11 is 5.88. The van der Waals surface area contributed by atoms with Crippen molar-refractivity contribution >= 4 is 23.5 Å². The van der Waals surface area contributed by atoms with Gasteiger partial charge in [-0.3, -0.25) is 4.79 Å². The fraction of sp³-hybridized carbons (Fsp3) is 0.312. The number of nitrogens with zero attached hydrogens (tertiary/aromatic N) is 2. The third-order valence-corrected chi connectivity index (χ3v) is 4.20. The molecule has 12 heteroatoms. The summed E-state index contributed by atoms with van der Waals surface area (Å²) in [4.78, 5) is 23.7. The van der Waals surface area contributed by atoms with E-state index in [4.69, 9.17) is 11.6 Å². The van der Waals surface area contributed by atoms with Crippen LogP contribution in [-0.4, -0.2) is 40.7 Å². The highest BCUT2D eigenvalue weighted by Gasteiger charge is 2.34. The molecule has 150 valence electrons. The van der Waals surface area contributed by atoms with Gasteiger partial charge < -0.3 is 20.7 Å². The first-order valence-electron chi connectivity index (χ1n) is 8.02. The molecule has 8 nitrogen and oxygen atoms in total. The summed E-state index contributed by atoms with van der Waals surface area (Å²) in [5.74, 6) is -1.06. The van der Waals surface area contributed by atoms with Gasteiger partial charge in [-0.2, -0.15) is 5.10 Å².